The first-order valence-electron chi connectivity index (χ1n) is 7.50. The van der Waals surface area contributed by atoms with Crippen molar-refractivity contribution in [2.75, 3.05) is 13.7 Å². The number of aryl methyl sites for hydroxylation is 2. The van der Waals surface area contributed by atoms with Crippen LogP contribution < -0.4 is 9.47 Å². The number of benzene rings is 2. The molecule has 0 aliphatic rings. The summed E-state index contributed by atoms with van der Waals surface area (Å²) >= 11 is 0. The van der Waals surface area contributed by atoms with Gasteiger partial charge in [-0.15, -0.1) is 0 Å². The highest BCUT2D eigenvalue weighted by Gasteiger charge is 2.10. The van der Waals surface area contributed by atoms with Gasteiger partial charge in [-0.05, 0) is 67.8 Å². The largest absolute Gasteiger partial charge is 0.482 e. The maximum absolute atomic E-state index is 11.9. The van der Waals surface area contributed by atoms with Crippen LogP contribution in [0.2, 0.25) is 0 Å². The Bertz CT molecular complexity index is 747. The van der Waals surface area contributed by atoms with Gasteiger partial charge in [-0.25, -0.2) is 9.59 Å². The number of hydrogen-bond donors (Lipinski definition) is 0. The van der Waals surface area contributed by atoms with Crippen LogP contribution in [-0.2, 0) is 9.53 Å². The molecule has 2 rings (SSSR count). The van der Waals surface area contributed by atoms with Crippen LogP contribution in [0.5, 0.6) is 11.5 Å². The molecule has 0 spiro atoms. The fraction of sp³-hybridized carbons (Fsp3) is 0.263. The summed E-state index contributed by atoms with van der Waals surface area (Å²) in [5.74, 6) is 0.0553. The molecule has 0 fully saturated rings. The van der Waals surface area contributed by atoms with Gasteiger partial charge in [0.2, 0.25) is 0 Å². The summed E-state index contributed by atoms with van der Waals surface area (Å²) in [5.41, 5.74) is 3.56. The Kier molecular flexibility index (Phi) is 5.58. The molecule has 126 valence electrons. The summed E-state index contributed by atoms with van der Waals surface area (Å²) < 4.78 is 15.4. The van der Waals surface area contributed by atoms with Crippen molar-refractivity contribution in [2.45, 2.75) is 20.8 Å². The van der Waals surface area contributed by atoms with Gasteiger partial charge < -0.3 is 14.2 Å². The van der Waals surface area contributed by atoms with Crippen molar-refractivity contribution in [3.8, 4) is 11.5 Å². The third-order valence-corrected chi connectivity index (χ3v) is 3.62. The minimum absolute atomic E-state index is 0.192. The Morgan fingerprint density at radius 2 is 1.67 bits per heavy atom. The normalized spacial score (nSPS) is 10.2. The maximum Gasteiger partial charge on any atom is 0.349 e. The van der Waals surface area contributed by atoms with Gasteiger partial charge in [0.05, 0.1) is 12.7 Å². The van der Waals surface area contributed by atoms with E-state index in [0.717, 1.165) is 16.7 Å². The molecular weight excluding hydrogens is 308 g/mol. The molecule has 24 heavy (non-hydrogen) atoms. The number of methoxy groups -OCH3 is 1. The first kappa shape index (κ1) is 17.5. The van der Waals surface area contributed by atoms with Crippen LogP contribution in [-0.4, -0.2) is 25.7 Å². The molecule has 0 N–H and O–H groups in total. The number of carbonyl (C=O) groups is 2. The van der Waals surface area contributed by atoms with E-state index >= 15 is 0 Å². The molecular formula is C19H20O5. The molecule has 0 radical (unpaired) electrons. The minimum Gasteiger partial charge on any atom is -0.482 e. The van der Waals surface area contributed by atoms with E-state index in [4.69, 9.17) is 9.47 Å². The van der Waals surface area contributed by atoms with E-state index < -0.39 is 11.9 Å². The molecule has 0 atom stereocenters. The lowest BCUT2D eigenvalue weighted by atomic mass is 10.1. The Balaban J connectivity index is 1.95. The van der Waals surface area contributed by atoms with Crippen LogP contribution in [0.4, 0.5) is 0 Å². The second-order valence-corrected chi connectivity index (χ2v) is 5.48. The number of carbonyl (C=O) groups excluding carboxylic acids is 2. The Morgan fingerprint density at radius 1 is 1.00 bits per heavy atom. The van der Waals surface area contributed by atoms with E-state index in [1.165, 1.54) is 31.4 Å². The fourth-order valence-corrected chi connectivity index (χ4v) is 2.23. The molecule has 2 aromatic rings. The van der Waals surface area contributed by atoms with Crippen LogP contribution in [0.3, 0.4) is 0 Å². The second kappa shape index (κ2) is 7.64. The predicted molar refractivity (Wildman–Crippen MR) is 89.6 cm³/mol. The summed E-state index contributed by atoms with van der Waals surface area (Å²) in [6, 6.07) is 10.1. The quantitative estimate of drug-likeness (QED) is 0.622. The average molecular weight is 328 g/mol. The zero-order valence-corrected chi connectivity index (χ0v) is 14.2. The van der Waals surface area contributed by atoms with E-state index in [9.17, 15) is 9.59 Å². The smallest absolute Gasteiger partial charge is 0.349 e. The fourth-order valence-electron chi connectivity index (χ4n) is 2.23. The third-order valence-electron chi connectivity index (χ3n) is 3.62. The van der Waals surface area contributed by atoms with Crippen LogP contribution in [0.15, 0.2) is 36.4 Å². The lowest BCUT2D eigenvalue weighted by molar-refractivity contribution is -0.136. The predicted octanol–water partition coefficient (Wildman–Crippen LogP) is 3.38. The van der Waals surface area contributed by atoms with Gasteiger partial charge in [-0.1, -0.05) is 6.07 Å². The van der Waals surface area contributed by atoms with Crippen molar-refractivity contribution in [1.82, 2.24) is 0 Å². The van der Waals surface area contributed by atoms with Gasteiger partial charge in [0, 0.05) is 0 Å². The molecule has 2 aromatic carbocycles. The highest BCUT2D eigenvalue weighted by Crippen LogP contribution is 2.23. The van der Waals surface area contributed by atoms with Crippen LogP contribution >= 0.6 is 0 Å². The Labute approximate surface area is 141 Å². The average Bonchev–Trinajstić information content (AvgIpc) is 2.56. The third kappa shape index (κ3) is 4.35. The molecule has 0 unspecified atom stereocenters. The summed E-state index contributed by atoms with van der Waals surface area (Å²) in [6.45, 7) is 5.72. The van der Waals surface area contributed by atoms with Crippen molar-refractivity contribution in [3.63, 3.8) is 0 Å². The Morgan fingerprint density at radius 3 is 2.29 bits per heavy atom. The highest BCUT2D eigenvalue weighted by molar-refractivity contribution is 5.89. The topological polar surface area (TPSA) is 61.8 Å². The second-order valence-electron chi connectivity index (χ2n) is 5.48. The first-order chi connectivity index (χ1) is 11.4. The standard InChI is InChI=1S/C19H20O5/c1-12-9-13(2)14(3)17(10-12)23-11-18(20)24-16-7-5-15(6-8-16)19(21)22-4/h5-10H,11H2,1-4H3. The monoisotopic (exact) mass is 328 g/mol. The lowest BCUT2D eigenvalue weighted by Crippen LogP contribution is -2.18. The van der Waals surface area contributed by atoms with Gasteiger partial charge in [-0.2, -0.15) is 0 Å². The van der Waals surface area contributed by atoms with E-state index in [-0.39, 0.29) is 6.61 Å². The Hall–Kier alpha value is -2.82. The van der Waals surface area contributed by atoms with Crippen molar-refractivity contribution in [2.24, 2.45) is 0 Å². The summed E-state index contributed by atoms with van der Waals surface area (Å²) in [7, 11) is 1.31. The zero-order chi connectivity index (χ0) is 17.7. The van der Waals surface area contributed by atoms with Crippen molar-refractivity contribution < 1.29 is 23.8 Å². The molecule has 5 nitrogen and oxygen atoms in total. The number of esters is 2. The summed E-state index contributed by atoms with van der Waals surface area (Å²) in [5, 5.41) is 0. The van der Waals surface area contributed by atoms with Crippen molar-refractivity contribution >= 4 is 11.9 Å². The molecule has 0 aliphatic heterocycles. The van der Waals surface area contributed by atoms with Crippen LogP contribution in [0, 0.1) is 20.8 Å². The van der Waals surface area contributed by atoms with Gasteiger partial charge in [0.1, 0.15) is 11.5 Å². The molecule has 0 saturated heterocycles. The van der Waals surface area contributed by atoms with E-state index in [1.54, 1.807) is 0 Å². The summed E-state index contributed by atoms with van der Waals surface area (Å²) in [6.07, 6.45) is 0. The van der Waals surface area contributed by atoms with Gasteiger partial charge in [0.15, 0.2) is 6.61 Å². The molecule has 0 amide bonds. The SMILES string of the molecule is COC(=O)c1ccc(OC(=O)COc2cc(C)cc(C)c2C)cc1. The molecule has 0 aromatic heterocycles. The maximum atomic E-state index is 11.9. The first-order valence-corrected chi connectivity index (χ1v) is 7.50. The van der Waals surface area contributed by atoms with Gasteiger partial charge >= 0.3 is 11.9 Å². The summed E-state index contributed by atoms with van der Waals surface area (Å²) in [4.78, 5) is 23.2. The van der Waals surface area contributed by atoms with Crippen molar-refractivity contribution in [3.05, 3.63) is 58.7 Å². The van der Waals surface area contributed by atoms with Gasteiger partial charge in [0.25, 0.3) is 0 Å². The van der Waals surface area contributed by atoms with E-state index in [2.05, 4.69) is 10.8 Å². The molecule has 0 bridgehead atoms. The molecule has 5 heteroatoms. The van der Waals surface area contributed by atoms with E-state index in [0.29, 0.717) is 17.1 Å². The molecule has 0 heterocycles. The molecule has 0 aliphatic carbocycles. The number of rotatable bonds is 5. The van der Waals surface area contributed by atoms with Crippen LogP contribution in [0.25, 0.3) is 0 Å². The van der Waals surface area contributed by atoms with Crippen molar-refractivity contribution in [1.29, 1.82) is 0 Å². The minimum atomic E-state index is -0.514. The number of hydrogen-bond acceptors (Lipinski definition) is 5. The highest BCUT2D eigenvalue weighted by atomic mass is 16.6. The number of ether oxygens (including phenoxy) is 3. The zero-order valence-electron chi connectivity index (χ0n) is 14.2. The van der Waals surface area contributed by atoms with Gasteiger partial charge in [-0.3, -0.25) is 0 Å². The van der Waals surface area contributed by atoms with E-state index in [1.807, 2.05) is 26.8 Å². The molecule has 0 saturated carbocycles. The van der Waals surface area contributed by atoms with Crippen LogP contribution in [0.1, 0.15) is 27.0 Å². The lowest BCUT2D eigenvalue weighted by Gasteiger charge is -2.12.